The molecule has 0 N–H and O–H groups in total. The molecule has 0 atom stereocenters. The Kier molecular flexibility index (Phi) is 4.95. The van der Waals surface area contributed by atoms with E-state index in [1.54, 1.807) is 28.3 Å². The Hall–Kier alpha value is -1.47. The van der Waals surface area contributed by atoms with Crippen LogP contribution in [0.25, 0.3) is 6.08 Å². The number of rotatable bonds is 3. The molecular formula is C14H15BrN2O3S. The fraction of sp³-hybridized carbons (Fsp3) is 0.286. The molecule has 0 spiro atoms. The molecular weight excluding hydrogens is 356 g/mol. The van der Waals surface area contributed by atoms with Gasteiger partial charge in [-0.2, -0.15) is 0 Å². The van der Waals surface area contributed by atoms with Crippen molar-refractivity contribution in [3.8, 4) is 11.5 Å². The molecule has 1 fully saturated rings. The molecule has 2 rings (SSSR count). The van der Waals surface area contributed by atoms with Gasteiger partial charge in [0.15, 0.2) is 16.7 Å². The highest BCUT2D eigenvalue weighted by Gasteiger charge is 2.29. The lowest BCUT2D eigenvalue weighted by molar-refractivity contribution is -0.121. The van der Waals surface area contributed by atoms with Crippen molar-refractivity contribution >= 4 is 44.8 Å². The Morgan fingerprint density at radius 3 is 2.43 bits per heavy atom. The van der Waals surface area contributed by atoms with Gasteiger partial charge in [-0.15, -0.1) is 0 Å². The number of benzene rings is 1. The van der Waals surface area contributed by atoms with Gasteiger partial charge in [-0.05, 0) is 35.5 Å². The molecule has 0 aromatic heterocycles. The Bertz CT molecular complexity index is 643. The van der Waals surface area contributed by atoms with Crippen molar-refractivity contribution < 1.29 is 14.3 Å². The van der Waals surface area contributed by atoms with Gasteiger partial charge < -0.3 is 9.47 Å². The Balaban J connectivity index is 2.44. The van der Waals surface area contributed by atoms with E-state index in [0.29, 0.717) is 21.6 Å². The van der Waals surface area contributed by atoms with E-state index in [0.717, 1.165) is 10.0 Å². The lowest BCUT2D eigenvalue weighted by atomic mass is 10.2. The first-order valence-corrected chi connectivity index (χ1v) is 7.68. The molecule has 1 heterocycles. The highest BCUT2D eigenvalue weighted by molar-refractivity contribution is 9.10. The minimum Gasteiger partial charge on any atom is -0.493 e. The topological polar surface area (TPSA) is 51.1 Å². The normalized spacial score (nSPS) is 18.7. The maximum atomic E-state index is 12.2. The van der Waals surface area contributed by atoms with Crippen molar-refractivity contribution in [1.82, 2.24) is 4.90 Å². The molecule has 1 aliphatic heterocycles. The lowest BCUT2D eigenvalue weighted by Gasteiger charge is -2.10. The summed E-state index contributed by atoms with van der Waals surface area (Å²) in [5.41, 5.74) is 0.842. The third-order valence-corrected chi connectivity index (χ3v) is 4.82. The van der Waals surface area contributed by atoms with E-state index in [4.69, 9.17) is 9.47 Å². The van der Waals surface area contributed by atoms with Crippen molar-refractivity contribution in [2.75, 3.05) is 28.3 Å². The number of carbonyl (C=O) groups excluding carboxylic acids is 1. The number of amides is 1. The first-order valence-electron chi connectivity index (χ1n) is 6.07. The molecule has 5 nitrogen and oxygen atoms in total. The molecule has 7 heteroatoms. The van der Waals surface area contributed by atoms with E-state index in [9.17, 15) is 4.79 Å². The van der Waals surface area contributed by atoms with Crippen molar-refractivity contribution in [1.29, 1.82) is 0 Å². The molecule has 21 heavy (non-hydrogen) atoms. The zero-order valence-corrected chi connectivity index (χ0v) is 14.5. The van der Waals surface area contributed by atoms with Crippen LogP contribution in [-0.2, 0) is 4.79 Å². The molecule has 0 unspecified atom stereocenters. The van der Waals surface area contributed by atoms with Crippen LogP contribution < -0.4 is 9.47 Å². The minimum atomic E-state index is -0.0673. The quantitative estimate of drug-likeness (QED) is 0.767. The number of thioether (sulfide) groups is 1. The van der Waals surface area contributed by atoms with E-state index in [-0.39, 0.29) is 5.91 Å². The van der Waals surface area contributed by atoms with E-state index in [1.807, 2.05) is 18.2 Å². The van der Waals surface area contributed by atoms with Gasteiger partial charge in [-0.25, -0.2) is 0 Å². The highest BCUT2D eigenvalue weighted by Crippen LogP contribution is 2.37. The summed E-state index contributed by atoms with van der Waals surface area (Å²) in [6.07, 6.45) is 1.81. The Morgan fingerprint density at radius 2 is 1.90 bits per heavy atom. The predicted molar refractivity (Wildman–Crippen MR) is 88.9 cm³/mol. The molecule has 1 aliphatic rings. The van der Waals surface area contributed by atoms with E-state index in [2.05, 4.69) is 20.9 Å². The summed E-state index contributed by atoms with van der Waals surface area (Å²) in [7, 11) is 6.54. The number of aliphatic imine (C=N–C) groups is 1. The number of hydrogen-bond donors (Lipinski definition) is 0. The lowest BCUT2D eigenvalue weighted by Crippen LogP contribution is -2.23. The third-order valence-electron chi connectivity index (χ3n) is 2.98. The summed E-state index contributed by atoms with van der Waals surface area (Å²) in [6, 6.07) is 3.64. The van der Waals surface area contributed by atoms with Crippen molar-refractivity contribution in [3.63, 3.8) is 0 Å². The largest absolute Gasteiger partial charge is 0.493 e. The summed E-state index contributed by atoms with van der Waals surface area (Å²) in [5, 5.41) is 0.683. The maximum absolute atomic E-state index is 12.2. The van der Waals surface area contributed by atoms with Crippen LogP contribution in [0.15, 0.2) is 26.5 Å². The molecule has 1 aromatic rings. The van der Waals surface area contributed by atoms with Gasteiger partial charge in [0.2, 0.25) is 0 Å². The second-order valence-corrected chi connectivity index (χ2v) is 6.07. The maximum Gasteiger partial charge on any atom is 0.266 e. The second-order valence-electron chi connectivity index (χ2n) is 4.21. The van der Waals surface area contributed by atoms with E-state index < -0.39 is 0 Å². The van der Waals surface area contributed by atoms with Crippen LogP contribution in [0.5, 0.6) is 11.5 Å². The minimum absolute atomic E-state index is 0.0673. The fourth-order valence-electron chi connectivity index (χ4n) is 1.87. The van der Waals surface area contributed by atoms with Gasteiger partial charge in [0.05, 0.1) is 19.1 Å². The number of ether oxygens (including phenoxy) is 2. The molecule has 1 aromatic carbocycles. The Morgan fingerprint density at radius 1 is 1.29 bits per heavy atom. The van der Waals surface area contributed by atoms with Crippen LogP contribution in [0, 0.1) is 0 Å². The van der Waals surface area contributed by atoms with Gasteiger partial charge in [-0.3, -0.25) is 14.7 Å². The van der Waals surface area contributed by atoms with Gasteiger partial charge >= 0.3 is 0 Å². The highest BCUT2D eigenvalue weighted by atomic mass is 79.9. The zero-order chi connectivity index (χ0) is 15.6. The standard InChI is InChI=1S/C14H15BrN2O3S/c1-16-14-17(2)13(18)12(21-14)6-8-5-10(19-3)11(20-4)7-9(8)15/h5-7H,1-4H3/b12-6+,16-14?. The third kappa shape index (κ3) is 3.08. The average Bonchev–Trinajstić information content (AvgIpc) is 2.76. The summed E-state index contributed by atoms with van der Waals surface area (Å²) >= 11 is 4.83. The number of halogens is 1. The van der Waals surface area contributed by atoms with E-state index in [1.165, 1.54) is 16.7 Å². The van der Waals surface area contributed by atoms with Crippen molar-refractivity contribution in [3.05, 3.63) is 27.1 Å². The molecule has 0 radical (unpaired) electrons. The first-order chi connectivity index (χ1) is 10.0. The molecule has 1 saturated heterocycles. The van der Waals surface area contributed by atoms with Crippen LogP contribution in [0.3, 0.4) is 0 Å². The SMILES string of the molecule is CN=C1S/C(=C/c2cc(OC)c(OC)cc2Br)C(=O)N1C. The Labute approximate surface area is 136 Å². The molecule has 112 valence electrons. The van der Waals surface area contributed by atoms with Crippen LogP contribution in [0.4, 0.5) is 0 Å². The zero-order valence-electron chi connectivity index (χ0n) is 12.1. The smallest absolute Gasteiger partial charge is 0.266 e. The summed E-state index contributed by atoms with van der Waals surface area (Å²) in [6.45, 7) is 0. The van der Waals surface area contributed by atoms with Gasteiger partial charge in [0.25, 0.3) is 5.91 Å². The first kappa shape index (κ1) is 15.9. The number of amidine groups is 1. The second kappa shape index (κ2) is 6.53. The van der Waals surface area contributed by atoms with Gasteiger partial charge in [-0.1, -0.05) is 15.9 Å². The molecule has 0 saturated carbocycles. The number of nitrogens with zero attached hydrogens (tertiary/aromatic N) is 2. The van der Waals surface area contributed by atoms with Crippen LogP contribution >= 0.6 is 27.7 Å². The predicted octanol–water partition coefficient (Wildman–Crippen LogP) is 3.00. The number of hydrogen-bond acceptors (Lipinski definition) is 5. The van der Waals surface area contributed by atoms with Crippen molar-refractivity contribution in [2.45, 2.75) is 0 Å². The number of likely N-dealkylation sites (N-methyl/N-ethyl adjacent to an activating group) is 1. The summed E-state index contributed by atoms with van der Waals surface area (Å²) in [5.74, 6) is 1.17. The fourth-order valence-corrected chi connectivity index (χ4v) is 3.23. The molecule has 1 amide bonds. The van der Waals surface area contributed by atoms with E-state index >= 15 is 0 Å². The number of carbonyl (C=O) groups is 1. The average molecular weight is 371 g/mol. The van der Waals surface area contributed by atoms with Crippen LogP contribution in [-0.4, -0.2) is 44.3 Å². The summed E-state index contributed by atoms with van der Waals surface area (Å²) < 4.78 is 11.3. The summed E-state index contributed by atoms with van der Waals surface area (Å²) in [4.78, 5) is 18.4. The number of methoxy groups -OCH3 is 2. The van der Waals surface area contributed by atoms with Crippen LogP contribution in [0.2, 0.25) is 0 Å². The van der Waals surface area contributed by atoms with Crippen molar-refractivity contribution in [2.24, 2.45) is 4.99 Å². The molecule has 0 bridgehead atoms. The monoisotopic (exact) mass is 370 g/mol. The van der Waals surface area contributed by atoms with Gasteiger partial charge in [0.1, 0.15) is 0 Å². The van der Waals surface area contributed by atoms with Crippen LogP contribution in [0.1, 0.15) is 5.56 Å². The van der Waals surface area contributed by atoms with Gasteiger partial charge in [0, 0.05) is 18.6 Å². The molecule has 0 aliphatic carbocycles.